The molecule has 0 aliphatic carbocycles. The Balaban J connectivity index is 0.00000210. The number of halogens is 2. The van der Waals surface area contributed by atoms with Gasteiger partial charge in [0.25, 0.3) is 41.6 Å². The number of hydrogen-bond acceptors (Lipinski definition) is 18. The van der Waals surface area contributed by atoms with E-state index in [0.29, 0.717) is 0 Å². The average molecular weight is 924 g/mol. The Morgan fingerprint density at radius 3 is 0.929 bits per heavy atom. The van der Waals surface area contributed by atoms with E-state index >= 15 is 0 Å². The Bertz CT molecular complexity index is 2860. The minimum Gasteiger partial charge on any atom is -0.716 e. The largest absolute Gasteiger partial charge is 1.00 e. The van der Waals surface area contributed by atoms with Crippen molar-refractivity contribution in [1.82, 2.24) is 0 Å². The van der Waals surface area contributed by atoms with Crippen LogP contribution in [0.2, 0.25) is 10.0 Å². The molecule has 56 heavy (non-hydrogen) atoms. The molecule has 28 heteroatoms. The van der Waals surface area contributed by atoms with Crippen LogP contribution in [0.5, 0.6) is 23.0 Å². The van der Waals surface area contributed by atoms with E-state index in [-0.39, 0.29) is 183 Å². The molecule has 0 radical (unpaired) electrons. The van der Waals surface area contributed by atoms with Crippen molar-refractivity contribution in [2.75, 3.05) is 10.6 Å². The fraction of sp³-hybridized carbons (Fsp3) is 0. The summed E-state index contributed by atoms with van der Waals surface area (Å²) >= 11 is 13.3. The quantitative estimate of drug-likeness (QED) is 0.0620. The molecule has 6 aromatic carbocycles. The Morgan fingerprint density at radius 2 is 0.661 bits per heavy atom. The monoisotopic (exact) mass is 922 g/mol. The SMILES string of the molecule is O=S(=O)([O-])Oc1c2ccccc2c(OS(=O)(=O)[O-])c2c3c(c(Cl)cc12)Nc1c(c(Cl)cc2c(OS(=O)(=O)[O-])c4ccccc4c(OS(=O)(=O)[O-])c12)N3.[Na+].[Na+].[Na+].[Na+]. The molecule has 18 nitrogen and oxygen atoms in total. The van der Waals surface area contributed by atoms with Crippen LogP contribution in [0, 0.1) is 0 Å². The van der Waals surface area contributed by atoms with E-state index in [4.69, 9.17) is 39.9 Å². The first-order chi connectivity index (χ1) is 24.1. The van der Waals surface area contributed by atoms with E-state index in [2.05, 4.69) is 10.6 Å². The van der Waals surface area contributed by atoms with Gasteiger partial charge >= 0.3 is 118 Å². The van der Waals surface area contributed by atoms with Crippen LogP contribution in [0.4, 0.5) is 22.7 Å². The third-order valence-electron chi connectivity index (χ3n) is 7.58. The van der Waals surface area contributed by atoms with Gasteiger partial charge < -0.3 is 45.6 Å². The molecule has 0 fully saturated rings. The van der Waals surface area contributed by atoms with Crippen LogP contribution in [0.3, 0.4) is 0 Å². The molecule has 0 saturated heterocycles. The fourth-order valence-electron chi connectivity index (χ4n) is 5.95. The zero-order chi connectivity index (χ0) is 37.7. The van der Waals surface area contributed by atoms with E-state index in [1.54, 1.807) is 0 Å². The number of fused-ring (bicyclic) bond motifs is 8. The van der Waals surface area contributed by atoms with Crippen LogP contribution in [-0.2, 0) is 41.6 Å². The average Bonchev–Trinajstić information content (AvgIpc) is 3.01. The van der Waals surface area contributed by atoms with Gasteiger partial charge in [0.2, 0.25) is 0 Å². The molecule has 1 aliphatic heterocycles. The van der Waals surface area contributed by atoms with Crippen molar-refractivity contribution in [3.05, 3.63) is 70.7 Å². The summed E-state index contributed by atoms with van der Waals surface area (Å²) in [5, 5.41) is 2.52. The van der Waals surface area contributed by atoms with Crippen molar-refractivity contribution in [2.24, 2.45) is 0 Å². The maximum absolute atomic E-state index is 12.0. The van der Waals surface area contributed by atoms with Gasteiger partial charge in [0.15, 0.2) is 23.0 Å². The van der Waals surface area contributed by atoms with Crippen LogP contribution in [0.15, 0.2) is 60.7 Å². The normalized spacial score (nSPS) is 12.4. The second-order valence-electron chi connectivity index (χ2n) is 10.7. The molecule has 1 heterocycles. The maximum atomic E-state index is 12.0. The predicted octanol–water partition coefficient (Wildman–Crippen LogP) is -7.22. The van der Waals surface area contributed by atoms with Crippen LogP contribution in [0.25, 0.3) is 43.1 Å². The van der Waals surface area contributed by atoms with E-state index < -0.39 is 75.4 Å². The van der Waals surface area contributed by atoms with Crippen LogP contribution < -0.4 is 146 Å². The zero-order valence-electron chi connectivity index (χ0n) is 28.7. The second-order valence-corrected chi connectivity index (χ2v) is 15.4. The van der Waals surface area contributed by atoms with Gasteiger partial charge in [-0.3, -0.25) is 0 Å². The van der Waals surface area contributed by atoms with Gasteiger partial charge in [-0.25, -0.2) is 33.7 Å². The summed E-state index contributed by atoms with van der Waals surface area (Å²) in [4.78, 5) is 0. The number of nitrogens with one attached hydrogen (secondary N) is 2. The Labute approximate surface area is 415 Å². The van der Waals surface area contributed by atoms with E-state index in [0.717, 1.165) is 12.1 Å². The summed E-state index contributed by atoms with van der Waals surface area (Å²) in [5.74, 6) is -2.69. The van der Waals surface area contributed by atoms with Crippen molar-refractivity contribution in [1.29, 1.82) is 0 Å². The van der Waals surface area contributed by atoms with E-state index in [9.17, 15) is 51.9 Å². The van der Waals surface area contributed by atoms with Gasteiger partial charge in [0.05, 0.1) is 43.6 Å². The first-order valence-corrected chi connectivity index (χ1v) is 19.8. The molecule has 6 aromatic rings. The van der Waals surface area contributed by atoms with Crippen molar-refractivity contribution in [3.8, 4) is 23.0 Å². The van der Waals surface area contributed by atoms with Gasteiger partial charge in [-0.1, -0.05) is 71.7 Å². The summed E-state index contributed by atoms with van der Waals surface area (Å²) in [7, 11) is -22.2. The van der Waals surface area contributed by atoms with Crippen molar-refractivity contribution >= 4 is 131 Å². The Morgan fingerprint density at radius 1 is 0.411 bits per heavy atom. The standard InChI is InChI=1S/C28H16Cl2N2O16S4.4Na/c29-17-9-15-19(27(47-51(39,40)41)13-7-3-1-5-11(13)25(15)45-49(33,34)35)23-21(17)32-24-20-16(10-18(30)22(24)31-23)26(46-50(36,37)38)12-6-2-4-8-14(12)28(20)48-52(42,43)44;;;;/h1-10,31-32H,(H,33,34,35)(H,36,37,38)(H,39,40,41)(H,42,43,44);;;;/q;4*+1/p-4. The summed E-state index contributed by atoms with van der Waals surface area (Å²) in [6, 6.07) is 12.4. The first-order valence-electron chi connectivity index (χ1n) is 13.7. The van der Waals surface area contributed by atoms with E-state index in [1.807, 2.05) is 0 Å². The summed E-state index contributed by atoms with van der Waals surface area (Å²) in [5.41, 5.74) is -1.06. The molecule has 0 bridgehead atoms. The predicted molar refractivity (Wildman–Crippen MR) is 181 cm³/mol. The molecule has 0 aromatic heterocycles. The number of rotatable bonds is 8. The molecule has 0 saturated carbocycles. The molecule has 7 rings (SSSR count). The number of benzene rings is 6. The molecule has 2 N–H and O–H groups in total. The molecule has 1 aliphatic rings. The molecule has 0 amide bonds. The Hall–Kier alpha value is -0.620. The van der Waals surface area contributed by atoms with Gasteiger partial charge in [-0.2, -0.15) is 0 Å². The minimum absolute atomic E-state index is 0. The number of hydrogen-bond donors (Lipinski definition) is 2. The molecular formula is C28H12Cl2N2Na4O16S4. The van der Waals surface area contributed by atoms with Crippen molar-refractivity contribution in [3.63, 3.8) is 0 Å². The van der Waals surface area contributed by atoms with Gasteiger partial charge in [-0.15, -0.1) is 0 Å². The van der Waals surface area contributed by atoms with Crippen molar-refractivity contribution in [2.45, 2.75) is 0 Å². The summed E-state index contributed by atoms with van der Waals surface area (Å²) in [6.45, 7) is 0. The third kappa shape index (κ3) is 9.94. The molecule has 0 unspecified atom stereocenters. The van der Waals surface area contributed by atoms with Crippen molar-refractivity contribution < 1.29 is 187 Å². The smallest absolute Gasteiger partial charge is 0.716 e. The summed E-state index contributed by atoms with van der Waals surface area (Å²) < 4.78 is 163. The maximum Gasteiger partial charge on any atom is 1.00 e. The van der Waals surface area contributed by atoms with Gasteiger partial charge in [0, 0.05) is 32.3 Å². The van der Waals surface area contributed by atoms with Gasteiger partial charge in [-0.05, 0) is 12.1 Å². The van der Waals surface area contributed by atoms with E-state index in [1.165, 1.54) is 48.5 Å². The Kier molecular flexibility index (Phi) is 15.8. The molecule has 0 spiro atoms. The molecular weight excluding hydrogens is 911 g/mol. The number of anilines is 4. The zero-order valence-corrected chi connectivity index (χ0v) is 41.5. The third-order valence-corrected chi connectivity index (χ3v) is 9.66. The minimum atomic E-state index is -5.58. The second kappa shape index (κ2) is 17.8. The van der Waals surface area contributed by atoms with Crippen LogP contribution >= 0.6 is 23.2 Å². The molecule has 0 atom stereocenters. The first kappa shape index (κ1) is 49.7. The van der Waals surface area contributed by atoms with Crippen LogP contribution in [0.1, 0.15) is 0 Å². The fourth-order valence-corrected chi connectivity index (χ4v) is 7.98. The van der Waals surface area contributed by atoms with Gasteiger partial charge in [0.1, 0.15) is 0 Å². The van der Waals surface area contributed by atoms with Crippen LogP contribution in [-0.4, -0.2) is 51.9 Å². The summed E-state index contributed by atoms with van der Waals surface area (Å²) in [6.07, 6.45) is 0. The topological polar surface area (TPSA) is 290 Å². The molecule has 272 valence electrons.